The summed E-state index contributed by atoms with van der Waals surface area (Å²) in [6.45, 7) is 7.15. The molecule has 0 bridgehead atoms. The Morgan fingerprint density at radius 2 is 1.62 bits per heavy atom. The minimum absolute atomic E-state index is 0. The molecule has 2 amide bonds. The summed E-state index contributed by atoms with van der Waals surface area (Å²) in [5.41, 5.74) is 0.738. The van der Waals surface area contributed by atoms with Crippen LogP contribution >= 0.6 is 0 Å². The summed E-state index contributed by atoms with van der Waals surface area (Å²) in [5, 5.41) is 5.18. The standard InChI is InChI=1S/C11H14N2O2.C8H13NO2.2H2/c1-8(2)10(14)11(15)13-7-9-5-3-4-6-12-9;1-5(2)7(10)8(11)9-6-3-4-6;;/h3-6,8H,7H2,1-2H3,(H,13,15);5-6H,3-4H2,1-2H3,(H,9,11);2*1H. The number of nitrogens with one attached hydrogen (secondary N) is 2. The second-order valence-electron chi connectivity index (χ2n) is 6.79. The average molecular weight is 365 g/mol. The SMILES string of the molecule is CC(C)C(=O)C(=O)NC1CC1.CC(C)C(=O)C(=O)NCc1ccccn1.[HH].[HH]. The Kier molecular flexibility index (Phi) is 8.61. The maximum absolute atomic E-state index is 11.3. The number of aromatic nitrogens is 1. The van der Waals surface area contributed by atoms with Gasteiger partial charge in [-0.3, -0.25) is 24.2 Å². The molecule has 0 unspecified atom stereocenters. The third kappa shape index (κ3) is 8.00. The van der Waals surface area contributed by atoms with E-state index in [0.717, 1.165) is 18.5 Å². The minimum Gasteiger partial charge on any atom is -0.347 e. The van der Waals surface area contributed by atoms with E-state index in [1.165, 1.54) is 0 Å². The highest BCUT2D eigenvalue weighted by Crippen LogP contribution is 2.18. The molecule has 0 aromatic carbocycles. The first-order valence-corrected chi connectivity index (χ1v) is 8.79. The molecule has 0 spiro atoms. The third-order valence-electron chi connectivity index (χ3n) is 3.57. The molecule has 146 valence electrons. The Bertz CT molecular complexity index is 648. The van der Waals surface area contributed by atoms with Crippen molar-refractivity contribution in [3.8, 4) is 0 Å². The van der Waals surface area contributed by atoms with Crippen molar-refractivity contribution in [2.75, 3.05) is 0 Å². The summed E-state index contributed by atoms with van der Waals surface area (Å²) in [6.07, 6.45) is 3.69. The predicted molar refractivity (Wildman–Crippen MR) is 101 cm³/mol. The Balaban J connectivity index is 0. The van der Waals surface area contributed by atoms with Crippen molar-refractivity contribution in [1.82, 2.24) is 15.6 Å². The van der Waals surface area contributed by atoms with Gasteiger partial charge >= 0.3 is 0 Å². The fourth-order valence-electron chi connectivity index (χ4n) is 1.77. The van der Waals surface area contributed by atoms with Crippen LogP contribution in [-0.2, 0) is 25.7 Å². The molecule has 7 heteroatoms. The van der Waals surface area contributed by atoms with E-state index in [0.29, 0.717) is 0 Å². The molecule has 1 fully saturated rings. The van der Waals surface area contributed by atoms with Crippen molar-refractivity contribution in [2.45, 2.75) is 53.1 Å². The highest BCUT2D eigenvalue weighted by molar-refractivity contribution is 6.37. The van der Waals surface area contributed by atoms with Gasteiger partial charge in [0.1, 0.15) is 0 Å². The molecule has 2 N–H and O–H groups in total. The van der Waals surface area contributed by atoms with Crippen LogP contribution < -0.4 is 10.6 Å². The van der Waals surface area contributed by atoms with Crippen LogP contribution in [0.3, 0.4) is 0 Å². The van der Waals surface area contributed by atoms with Crippen molar-refractivity contribution < 1.29 is 22.0 Å². The van der Waals surface area contributed by atoms with Gasteiger partial charge in [-0.1, -0.05) is 33.8 Å². The van der Waals surface area contributed by atoms with E-state index in [1.54, 1.807) is 46.0 Å². The molecule has 0 atom stereocenters. The lowest BCUT2D eigenvalue weighted by Gasteiger charge is -2.05. The molecule has 2 rings (SSSR count). The van der Waals surface area contributed by atoms with Crippen LogP contribution in [0, 0.1) is 11.8 Å². The van der Waals surface area contributed by atoms with Crippen molar-refractivity contribution in [3.63, 3.8) is 0 Å². The van der Waals surface area contributed by atoms with Gasteiger partial charge in [0.15, 0.2) is 0 Å². The smallest absolute Gasteiger partial charge is 0.287 e. The van der Waals surface area contributed by atoms with E-state index in [-0.39, 0.29) is 33.1 Å². The van der Waals surface area contributed by atoms with Gasteiger partial charge in [0.2, 0.25) is 11.6 Å². The average Bonchev–Trinajstić information content (AvgIpc) is 3.43. The van der Waals surface area contributed by atoms with E-state index in [2.05, 4.69) is 15.6 Å². The van der Waals surface area contributed by atoms with Gasteiger partial charge in [-0.2, -0.15) is 0 Å². The molecule has 1 heterocycles. The fourth-order valence-corrected chi connectivity index (χ4v) is 1.77. The summed E-state index contributed by atoms with van der Waals surface area (Å²) in [5.74, 6) is -2.12. The molecular weight excluding hydrogens is 334 g/mol. The summed E-state index contributed by atoms with van der Waals surface area (Å²) >= 11 is 0. The summed E-state index contributed by atoms with van der Waals surface area (Å²) in [6, 6.07) is 5.70. The van der Waals surface area contributed by atoms with Crippen molar-refractivity contribution in [2.24, 2.45) is 11.8 Å². The number of Topliss-reactive ketones (excluding diaryl/α,β-unsaturated/α-hetero) is 2. The Morgan fingerprint density at radius 1 is 1.04 bits per heavy atom. The molecule has 0 radical (unpaired) electrons. The van der Waals surface area contributed by atoms with E-state index >= 15 is 0 Å². The number of carbonyl (C=O) groups is 4. The number of hydrogen-bond donors (Lipinski definition) is 2. The van der Waals surface area contributed by atoms with Crippen molar-refractivity contribution in [1.29, 1.82) is 0 Å². The van der Waals surface area contributed by atoms with Gasteiger partial charge in [0, 0.05) is 26.9 Å². The first-order chi connectivity index (χ1) is 12.2. The zero-order valence-corrected chi connectivity index (χ0v) is 15.7. The summed E-state index contributed by atoms with van der Waals surface area (Å²) < 4.78 is 0. The first kappa shape index (κ1) is 21.5. The summed E-state index contributed by atoms with van der Waals surface area (Å²) in [4.78, 5) is 48.5. The molecule has 26 heavy (non-hydrogen) atoms. The number of nitrogens with zero attached hydrogens (tertiary/aromatic N) is 1. The van der Waals surface area contributed by atoms with Crippen LogP contribution in [0.25, 0.3) is 0 Å². The number of ketones is 2. The lowest BCUT2D eigenvalue weighted by atomic mass is 10.1. The van der Waals surface area contributed by atoms with E-state index in [4.69, 9.17) is 0 Å². The molecule has 7 nitrogen and oxygen atoms in total. The zero-order chi connectivity index (χ0) is 19.7. The van der Waals surface area contributed by atoms with Gasteiger partial charge in [-0.05, 0) is 25.0 Å². The number of rotatable bonds is 7. The maximum atomic E-state index is 11.3. The minimum atomic E-state index is -0.546. The molecule has 1 aromatic rings. The molecule has 1 aromatic heterocycles. The Labute approximate surface area is 156 Å². The van der Waals surface area contributed by atoms with E-state index in [9.17, 15) is 19.2 Å². The molecule has 0 aliphatic heterocycles. The van der Waals surface area contributed by atoms with E-state index < -0.39 is 17.6 Å². The molecule has 1 saturated carbocycles. The van der Waals surface area contributed by atoms with Crippen LogP contribution in [0.2, 0.25) is 0 Å². The van der Waals surface area contributed by atoms with Crippen LogP contribution in [0.1, 0.15) is 49.1 Å². The maximum Gasteiger partial charge on any atom is 0.287 e. The van der Waals surface area contributed by atoms with Crippen LogP contribution in [-0.4, -0.2) is 34.4 Å². The summed E-state index contributed by atoms with van der Waals surface area (Å²) in [7, 11) is 0. The van der Waals surface area contributed by atoms with Crippen LogP contribution in [0.15, 0.2) is 24.4 Å². The first-order valence-electron chi connectivity index (χ1n) is 8.79. The fraction of sp³-hybridized carbons (Fsp3) is 0.526. The largest absolute Gasteiger partial charge is 0.347 e. The molecule has 1 aliphatic rings. The van der Waals surface area contributed by atoms with Crippen molar-refractivity contribution >= 4 is 23.4 Å². The van der Waals surface area contributed by atoms with Crippen LogP contribution in [0.4, 0.5) is 0 Å². The lowest BCUT2D eigenvalue weighted by molar-refractivity contribution is -0.139. The lowest BCUT2D eigenvalue weighted by Crippen LogP contribution is -2.35. The number of amides is 2. The quantitative estimate of drug-likeness (QED) is 0.718. The molecule has 0 saturated heterocycles. The highest BCUT2D eigenvalue weighted by Gasteiger charge is 2.27. The highest BCUT2D eigenvalue weighted by atomic mass is 16.2. The van der Waals surface area contributed by atoms with Gasteiger partial charge < -0.3 is 10.6 Å². The normalized spacial score (nSPS) is 12.8. The zero-order valence-electron chi connectivity index (χ0n) is 15.7. The number of pyridine rings is 1. The topological polar surface area (TPSA) is 105 Å². The second kappa shape index (κ2) is 10.4. The molecular formula is C19H31N3O4. The predicted octanol–water partition coefficient (Wildman–Crippen LogP) is 1.91. The Morgan fingerprint density at radius 3 is 2.08 bits per heavy atom. The van der Waals surface area contributed by atoms with Gasteiger partial charge in [0.05, 0.1) is 12.2 Å². The monoisotopic (exact) mass is 365 g/mol. The van der Waals surface area contributed by atoms with Crippen LogP contribution in [0.5, 0.6) is 0 Å². The number of hydrogen-bond acceptors (Lipinski definition) is 5. The van der Waals surface area contributed by atoms with E-state index in [1.807, 2.05) is 6.07 Å². The molecule has 1 aliphatic carbocycles. The van der Waals surface area contributed by atoms with Gasteiger partial charge in [-0.15, -0.1) is 0 Å². The third-order valence-corrected chi connectivity index (χ3v) is 3.57. The van der Waals surface area contributed by atoms with Crippen molar-refractivity contribution in [3.05, 3.63) is 30.1 Å². The van der Waals surface area contributed by atoms with Gasteiger partial charge in [-0.25, -0.2) is 0 Å². The Hall–Kier alpha value is -2.57. The second-order valence-corrected chi connectivity index (χ2v) is 6.79. The van der Waals surface area contributed by atoms with Gasteiger partial charge in [0.25, 0.3) is 11.8 Å². The number of carbonyl (C=O) groups excluding carboxylic acids is 4.